The van der Waals surface area contributed by atoms with Gasteiger partial charge in [0.2, 0.25) is 11.8 Å². The minimum Gasteiger partial charge on any atom is -0.348 e. The highest BCUT2D eigenvalue weighted by Gasteiger charge is 2.35. The molecule has 2 rings (SSSR count). The van der Waals surface area contributed by atoms with Gasteiger partial charge in [0.25, 0.3) is 0 Å². The first-order chi connectivity index (χ1) is 15.9. The van der Waals surface area contributed by atoms with Gasteiger partial charge in [-0.25, -0.2) is 0 Å². The molecule has 1 saturated carbocycles. The van der Waals surface area contributed by atoms with E-state index in [1.165, 1.54) is 6.42 Å². The summed E-state index contributed by atoms with van der Waals surface area (Å²) in [7, 11) is 0. The predicted octanol–water partition coefficient (Wildman–Crippen LogP) is 5.84. The van der Waals surface area contributed by atoms with Crippen LogP contribution in [0.1, 0.15) is 98.6 Å². The summed E-state index contributed by atoms with van der Waals surface area (Å²) in [5, 5.41) is 5.91. The van der Waals surface area contributed by atoms with Crippen LogP contribution in [0.25, 0.3) is 0 Å². The van der Waals surface area contributed by atoms with Crippen LogP contribution in [0.15, 0.2) is 30.3 Å². The second-order valence-electron chi connectivity index (χ2n) is 11.9. The maximum Gasteiger partial charge on any atom is 0.242 e. The van der Waals surface area contributed by atoms with Gasteiger partial charge in [-0.3, -0.25) is 14.4 Å². The fourth-order valence-corrected chi connectivity index (χ4v) is 5.19. The number of Topliss-reactive ketones (excluding diaryl/α,β-unsaturated/α-hetero) is 1. The second-order valence-corrected chi connectivity index (χ2v) is 11.9. The Hall–Kier alpha value is -2.17. The van der Waals surface area contributed by atoms with Crippen molar-refractivity contribution in [1.82, 2.24) is 10.6 Å². The maximum absolute atomic E-state index is 13.3. The summed E-state index contributed by atoms with van der Waals surface area (Å²) < 4.78 is 0. The number of carbonyl (C=O) groups excluding carboxylic acids is 3. The van der Waals surface area contributed by atoms with Crippen molar-refractivity contribution >= 4 is 17.6 Å². The number of ketones is 1. The van der Waals surface area contributed by atoms with E-state index in [9.17, 15) is 14.4 Å². The van der Waals surface area contributed by atoms with E-state index in [-0.39, 0.29) is 29.2 Å². The van der Waals surface area contributed by atoms with Gasteiger partial charge in [0.15, 0.2) is 0 Å². The predicted molar refractivity (Wildman–Crippen MR) is 138 cm³/mol. The maximum atomic E-state index is 13.3. The lowest BCUT2D eigenvalue weighted by Crippen LogP contribution is -2.46. The Morgan fingerprint density at radius 1 is 1.00 bits per heavy atom. The summed E-state index contributed by atoms with van der Waals surface area (Å²) in [6.45, 7) is 14.4. The molecule has 5 heteroatoms. The Labute approximate surface area is 206 Å². The van der Waals surface area contributed by atoms with Crippen LogP contribution in [0.2, 0.25) is 0 Å². The van der Waals surface area contributed by atoms with E-state index in [1.54, 1.807) is 6.92 Å². The smallest absolute Gasteiger partial charge is 0.242 e. The Bertz CT molecular complexity index is 812. The van der Waals surface area contributed by atoms with Crippen LogP contribution >= 0.6 is 0 Å². The molecule has 2 amide bonds. The van der Waals surface area contributed by atoms with Crippen LogP contribution in [0.4, 0.5) is 0 Å². The van der Waals surface area contributed by atoms with E-state index in [1.807, 2.05) is 51.1 Å². The average Bonchev–Trinajstić information content (AvgIpc) is 2.75. The van der Waals surface area contributed by atoms with E-state index in [2.05, 4.69) is 31.4 Å². The molecule has 190 valence electrons. The van der Waals surface area contributed by atoms with Crippen molar-refractivity contribution in [2.24, 2.45) is 29.1 Å². The molecule has 1 aliphatic carbocycles. The summed E-state index contributed by atoms with van der Waals surface area (Å²) in [6.07, 6.45) is 4.67. The van der Waals surface area contributed by atoms with Gasteiger partial charge in [-0.05, 0) is 54.9 Å². The number of amides is 2. The number of benzene rings is 1. The normalized spacial score (nSPS) is 22.6. The molecule has 0 heterocycles. The molecule has 34 heavy (non-hydrogen) atoms. The highest BCUT2D eigenvalue weighted by molar-refractivity contribution is 5.87. The van der Waals surface area contributed by atoms with Gasteiger partial charge in [-0.1, -0.05) is 78.3 Å². The molecule has 2 N–H and O–H groups in total. The van der Waals surface area contributed by atoms with Crippen molar-refractivity contribution in [3.63, 3.8) is 0 Å². The summed E-state index contributed by atoms with van der Waals surface area (Å²) in [4.78, 5) is 38.6. The summed E-state index contributed by atoms with van der Waals surface area (Å²) in [6, 6.07) is 8.90. The van der Waals surface area contributed by atoms with Crippen molar-refractivity contribution in [1.29, 1.82) is 0 Å². The Morgan fingerprint density at radius 2 is 1.65 bits per heavy atom. The second kappa shape index (κ2) is 12.5. The molecule has 0 spiro atoms. The first kappa shape index (κ1) is 28.1. The first-order valence-electron chi connectivity index (χ1n) is 13.0. The van der Waals surface area contributed by atoms with Gasteiger partial charge in [-0.2, -0.15) is 0 Å². The van der Waals surface area contributed by atoms with Crippen LogP contribution in [-0.4, -0.2) is 23.6 Å². The SMILES string of the molecule is CC(C)[C@@H]1CC[C@@H](C)C[C@H]1C(=O)CC[C@H](NC(=O)[C@@H](C)NC(=O)CC(C)(C)C)c1ccccc1. The number of nitrogens with one attached hydrogen (secondary N) is 2. The zero-order valence-electron chi connectivity index (χ0n) is 22.3. The van der Waals surface area contributed by atoms with E-state index in [4.69, 9.17) is 0 Å². The topological polar surface area (TPSA) is 75.3 Å². The first-order valence-corrected chi connectivity index (χ1v) is 13.0. The van der Waals surface area contributed by atoms with Crippen molar-refractivity contribution < 1.29 is 14.4 Å². The molecular weight excluding hydrogens is 424 g/mol. The lowest BCUT2D eigenvalue weighted by atomic mass is 9.68. The molecule has 5 nitrogen and oxygen atoms in total. The van der Waals surface area contributed by atoms with Crippen molar-refractivity contribution in [3.05, 3.63) is 35.9 Å². The Morgan fingerprint density at radius 3 is 2.24 bits per heavy atom. The molecule has 1 aromatic carbocycles. The molecule has 1 aromatic rings. The minimum absolute atomic E-state index is 0.117. The van der Waals surface area contributed by atoms with Crippen LogP contribution in [0.3, 0.4) is 0 Å². The monoisotopic (exact) mass is 470 g/mol. The lowest BCUT2D eigenvalue weighted by Gasteiger charge is -2.36. The molecule has 1 aliphatic rings. The van der Waals surface area contributed by atoms with E-state index in [0.717, 1.165) is 18.4 Å². The molecule has 0 bridgehead atoms. The fourth-order valence-electron chi connectivity index (χ4n) is 5.19. The van der Waals surface area contributed by atoms with Gasteiger partial charge in [0, 0.05) is 18.8 Å². The molecule has 0 unspecified atom stereocenters. The fraction of sp³-hybridized carbons (Fsp3) is 0.690. The highest BCUT2D eigenvalue weighted by atomic mass is 16.2. The Kier molecular flexibility index (Phi) is 10.3. The third-order valence-corrected chi connectivity index (χ3v) is 7.10. The number of hydrogen-bond donors (Lipinski definition) is 2. The van der Waals surface area contributed by atoms with Gasteiger partial charge < -0.3 is 10.6 Å². The summed E-state index contributed by atoms with van der Waals surface area (Å²) >= 11 is 0. The van der Waals surface area contributed by atoms with Crippen LogP contribution in [0, 0.1) is 29.1 Å². The van der Waals surface area contributed by atoms with Gasteiger partial charge in [-0.15, -0.1) is 0 Å². The van der Waals surface area contributed by atoms with Crippen molar-refractivity contribution in [2.75, 3.05) is 0 Å². The summed E-state index contributed by atoms with van der Waals surface area (Å²) in [5.41, 5.74) is 0.840. The molecule has 5 atom stereocenters. The molecule has 1 fully saturated rings. The van der Waals surface area contributed by atoms with Gasteiger partial charge in [0.05, 0.1) is 6.04 Å². The minimum atomic E-state index is -0.638. The van der Waals surface area contributed by atoms with E-state index < -0.39 is 6.04 Å². The quantitative estimate of drug-likeness (QED) is 0.451. The van der Waals surface area contributed by atoms with Gasteiger partial charge in [0.1, 0.15) is 11.8 Å². The molecule has 0 aromatic heterocycles. The average molecular weight is 471 g/mol. The third kappa shape index (κ3) is 8.88. The van der Waals surface area contributed by atoms with Crippen LogP contribution < -0.4 is 10.6 Å². The zero-order chi connectivity index (χ0) is 25.5. The third-order valence-electron chi connectivity index (χ3n) is 7.10. The van der Waals surface area contributed by atoms with Crippen molar-refractivity contribution in [3.8, 4) is 0 Å². The molecular formula is C29H46N2O3. The van der Waals surface area contributed by atoms with Crippen LogP contribution in [0.5, 0.6) is 0 Å². The van der Waals surface area contributed by atoms with Gasteiger partial charge >= 0.3 is 0 Å². The number of rotatable bonds is 10. The highest BCUT2D eigenvalue weighted by Crippen LogP contribution is 2.39. The van der Waals surface area contributed by atoms with E-state index >= 15 is 0 Å². The number of hydrogen-bond acceptors (Lipinski definition) is 3. The molecule has 0 saturated heterocycles. The van der Waals surface area contributed by atoms with E-state index in [0.29, 0.717) is 42.8 Å². The Balaban J connectivity index is 2.05. The lowest BCUT2D eigenvalue weighted by molar-refractivity contribution is -0.130. The largest absolute Gasteiger partial charge is 0.348 e. The molecule has 0 radical (unpaired) electrons. The zero-order valence-corrected chi connectivity index (χ0v) is 22.3. The van der Waals surface area contributed by atoms with Crippen molar-refractivity contribution in [2.45, 2.75) is 99.1 Å². The molecule has 0 aliphatic heterocycles. The number of carbonyl (C=O) groups is 3. The van der Waals surface area contributed by atoms with Crippen LogP contribution in [-0.2, 0) is 14.4 Å². The summed E-state index contributed by atoms with van der Waals surface area (Å²) in [5.74, 6) is 1.63. The standard InChI is InChI=1S/C29H46N2O3/c1-19(2)23-14-13-20(3)17-24(23)26(32)16-15-25(22-11-9-8-10-12-22)31-28(34)21(4)30-27(33)18-29(5,6)7/h8-12,19-21,23-25H,13-18H2,1-7H3,(H,30,33)(H,31,34)/t20-,21-,23+,24-,25+/m1/s1.